The Hall–Kier alpha value is -0.120. The molecule has 0 aromatic heterocycles. The molecule has 1 heterocycles. The first-order valence-corrected chi connectivity index (χ1v) is 5.74. The van der Waals surface area contributed by atoms with Gasteiger partial charge in [0.25, 0.3) is 0 Å². The van der Waals surface area contributed by atoms with Crippen LogP contribution in [0.15, 0.2) is 0 Å². The zero-order chi connectivity index (χ0) is 10.6. The summed E-state index contributed by atoms with van der Waals surface area (Å²) in [5, 5.41) is 3.29. The molecule has 0 bridgehead atoms. The number of hydrogen-bond donors (Lipinski definition) is 1. The van der Waals surface area contributed by atoms with Gasteiger partial charge in [0.05, 0.1) is 0 Å². The molecular formula is C11H25N3. The van der Waals surface area contributed by atoms with Crippen molar-refractivity contribution in [2.45, 2.75) is 32.4 Å². The van der Waals surface area contributed by atoms with E-state index in [1.54, 1.807) is 0 Å². The van der Waals surface area contributed by atoms with E-state index in [-0.39, 0.29) is 0 Å². The highest BCUT2D eigenvalue weighted by Crippen LogP contribution is 2.10. The largest absolute Gasteiger partial charge is 0.318 e. The molecule has 1 aliphatic heterocycles. The summed E-state index contributed by atoms with van der Waals surface area (Å²) in [6.45, 7) is 9.37. The van der Waals surface area contributed by atoms with E-state index in [1.165, 1.54) is 26.1 Å². The molecule has 3 heteroatoms. The molecule has 3 nitrogen and oxygen atoms in total. The molecule has 0 aromatic carbocycles. The standard InChI is InChI=1S/C11H25N3/c1-10(2)14-7-5-6-13(4)11(9-14)8-12-3/h10-12H,5-9H2,1-4H3. The lowest BCUT2D eigenvalue weighted by Crippen LogP contribution is -2.46. The molecule has 1 rings (SSSR count). The summed E-state index contributed by atoms with van der Waals surface area (Å²) in [6, 6.07) is 1.35. The molecule has 0 radical (unpaired) electrons. The minimum absolute atomic E-state index is 0.671. The monoisotopic (exact) mass is 199 g/mol. The van der Waals surface area contributed by atoms with E-state index in [4.69, 9.17) is 0 Å². The van der Waals surface area contributed by atoms with Gasteiger partial charge >= 0.3 is 0 Å². The number of nitrogens with one attached hydrogen (secondary N) is 1. The maximum atomic E-state index is 3.29. The van der Waals surface area contributed by atoms with Gasteiger partial charge in [0.2, 0.25) is 0 Å². The molecule has 0 aliphatic carbocycles. The highest BCUT2D eigenvalue weighted by Gasteiger charge is 2.22. The third kappa shape index (κ3) is 3.23. The van der Waals surface area contributed by atoms with Crippen molar-refractivity contribution in [3.8, 4) is 0 Å². The molecule has 1 fully saturated rings. The van der Waals surface area contributed by atoms with Crippen LogP contribution < -0.4 is 5.32 Å². The molecule has 0 amide bonds. The van der Waals surface area contributed by atoms with Gasteiger partial charge in [-0.2, -0.15) is 0 Å². The minimum Gasteiger partial charge on any atom is -0.318 e. The normalized spacial score (nSPS) is 26.8. The SMILES string of the molecule is CNCC1CN(C(C)C)CCCN1C. The van der Waals surface area contributed by atoms with E-state index >= 15 is 0 Å². The van der Waals surface area contributed by atoms with Crippen LogP contribution in [0.2, 0.25) is 0 Å². The van der Waals surface area contributed by atoms with Gasteiger partial charge in [-0.1, -0.05) is 0 Å². The maximum Gasteiger partial charge on any atom is 0.0344 e. The van der Waals surface area contributed by atoms with Crippen LogP contribution in [-0.4, -0.2) is 62.2 Å². The van der Waals surface area contributed by atoms with E-state index in [9.17, 15) is 0 Å². The molecule has 0 saturated carbocycles. The molecule has 1 atom stereocenters. The van der Waals surface area contributed by atoms with Gasteiger partial charge in [0, 0.05) is 25.2 Å². The lowest BCUT2D eigenvalue weighted by molar-refractivity contribution is 0.179. The van der Waals surface area contributed by atoms with Crippen LogP contribution in [0.3, 0.4) is 0 Å². The van der Waals surface area contributed by atoms with Crippen LogP contribution >= 0.6 is 0 Å². The predicted octanol–water partition coefficient (Wildman–Crippen LogP) is 0.620. The lowest BCUT2D eigenvalue weighted by atomic mass is 10.2. The molecule has 1 saturated heterocycles. The smallest absolute Gasteiger partial charge is 0.0344 e. The molecule has 1 unspecified atom stereocenters. The summed E-state index contributed by atoms with van der Waals surface area (Å²) < 4.78 is 0. The second-order valence-corrected chi connectivity index (χ2v) is 4.63. The first-order valence-electron chi connectivity index (χ1n) is 5.74. The number of nitrogens with zero attached hydrogens (tertiary/aromatic N) is 2. The Kier molecular flexibility index (Phi) is 4.85. The van der Waals surface area contributed by atoms with Crippen molar-refractivity contribution in [3.63, 3.8) is 0 Å². The molecule has 0 spiro atoms. The summed E-state index contributed by atoms with van der Waals surface area (Å²) >= 11 is 0. The number of rotatable bonds is 3. The van der Waals surface area contributed by atoms with Crippen LogP contribution in [0, 0.1) is 0 Å². The van der Waals surface area contributed by atoms with Crippen LogP contribution in [-0.2, 0) is 0 Å². The van der Waals surface area contributed by atoms with E-state index in [1.807, 2.05) is 7.05 Å². The second-order valence-electron chi connectivity index (χ2n) is 4.63. The lowest BCUT2D eigenvalue weighted by Gasteiger charge is -2.30. The third-order valence-electron chi connectivity index (χ3n) is 3.19. The Morgan fingerprint density at radius 1 is 1.36 bits per heavy atom. The fourth-order valence-corrected chi connectivity index (χ4v) is 2.13. The molecule has 84 valence electrons. The molecular weight excluding hydrogens is 174 g/mol. The second kappa shape index (κ2) is 5.69. The summed E-state index contributed by atoms with van der Waals surface area (Å²) in [7, 11) is 4.28. The van der Waals surface area contributed by atoms with E-state index in [0.29, 0.717) is 12.1 Å². The maximum absolute atomic E-state index is 3.29. The van der Waals surface area contributed by atoms with E-state index < -0.39 is 0 Å². The Morgan fingerprint density at radius 3 is 2.64 bits per heavy atom. The zero-order valence-corrected chi connectivity index (χ0v) is 10.1. The third-order valence-corrected chi connectivity index (χ3v) is 3.19. The molecule has 1 N–H and O–H groups in total. The molecule has 14 heavy (non-hydrogen) atoms. The van der Waals surface area contributed by atoms with Crippen molar-refractivity contribution in [3.05, 3.63) is 0 Å². The minimum atomic E-state index is 0.671. The van der Waals surface area contributed by atoms with Gasteiger partial charge in [-0.3, -0.25) is 4.90 Å². The Labute approximate surface area is 88.5 Å². The summed E-state index contributed by atoms with van der Waals surface area (Å²) in [5.74, 6) is 0. The summed E-state index contributed by atoms with van der Waals surface area (Å²) in [6.07, 6.45) is 1.30. The number of likely N-dealkylation sites (N-methyl/N-ethyl adjacent to an activating group) is 2. The van der Waals surface area contributed by atoms with Crippen LogP contribution in [0.4, 0.5) is 0 Å². The van der Waals surface area contributed by atoms with Gasteiger partial charge in [0.15, 0.2) is 0 Å². The Morgan fingerprint density at radius 2 is 2.07 bits per heavy atom. The van der Waals surface area contributed by atoms with Crippen LogP contribution in [0.1, 0.15) is 20.3 Å². The van der Waals surface area contributed by atoms with Gasteiger partial charge < -0.3 is 10.2 Å². The highest BCUT2D eigenvalue weighted by atomic mass is 15.2. The first kappa shape index (κ1) is 12.0. The average molecular weight is 199 g/mol. The van der Waals surface area contributed by atoms with Crippen molar-refractivity contribution >= 4 is 0 Å². The van der Waals surface area contributed by atoms with Crippen molar-refractivity contribution in [1.29, 1.82) is 0 Å². The Balaban J connectivity index is 2.52. The van der Waals surface area contributed by atoms with Crippen molar-refractivity contribution in [2.75, 3.05) is 40.3 Å². The first-order chi connectivity index (χ1) is 6.65. The van der Waals surface area contributed by atoms with Crippen LogP contribution in [0.25, 0.3) is 0 Å². The molecule has 1 aliphatic rings. The fourth-order valence-electron chi connectivity index (χ4n) is 2.13. The van der Waals surface area contributed by atoms with E-state index in [0.717, 1.165) is 6.54 Å². The van der Waals surface area contributed by atoms with Gasteiger partial charge in [-0.25, -0.2) is 0 Å². The van der Waals surface area contributed by atoms with Gasteiger partial charge in [-0.05, 0) is 47.5 Å². The highest BCUT2D eigenvalue weighted by molar-refractivity contribution is 4.80. The average Bonchev–Trinajstić information content (AvgIpc) is 2.30. The van der Waals surface area contributed by atoms with E-state index in [2.05, 4.69) is 36.0 Å². The predicted molar refractivity (Wildman–Crippen MR) is 61.7 cm³/mol. The number of hydrogen-bond acceptors (Lipinski definition) is 3. The fraction of sp³-hybridized carbons (Fsp3) is 1.00. The van der Waals surface area contributed by atoms with Crippen molar-refractivity contribution in [1.82, 2.24) is 15.1 Å². The Bertz CT molecular complexity index is 159. The van der Waals surface area contributed by atoms with Gasteiger partial charge in [-0.15, -0.1) is 0 Å². The summed E-state index contributed by atoms with van der Waals surface area (Å²) in [5.41, 5.74) is 0. The van der Waals surface area contributed by atoms with Crippen LogP contribution in [0.5, 0.6) is 0 Å². The molecule has 0 aromatic rings. The van der Waals surface area contributed by atoms with Crippen molar-refractivity contribution in [2.24, 2.45) is 0 Å². The van der Waals surface area contributed by atoms with Crippen molar-refractivity contribution < 1.29 is 0 Å². The summed E-state index contributed by atoms with van der Waals surface area (Å²) in [4.78, 5) is 5.07. The quantitative estimate of drug-likeness (QED) is 0.719. The zero-order valence-electron chi connectivity index (χ0n) is 10.1. The van der Waals surface area contributed by atoms with Gasteiger partial charge in [0.1, 0.15) is 0 Å². The topological polar surface area (TPSA) is 18.5 Å².